The quantitative estimate of drug-likeness (QED) is 0.123. The Kier molecular flexibility index (Phi) is 12.4. The van der Waals surface area contributed by atoms with Crippen LogP contribution in [0.5, 0.6) is 0 Å². The normalized spacial score (nSPS) is 10.5. The first kappa shape index (κ1) is 37.5. The summed E-state index contributed by atoms with van der Waals surface area (Å²) in [6.45, 7) is 3.86. The maximum atomic E-state index is 14.5. The minimum absolute atomic E-state index is 0.0744. The molecule has 4 aromatic carbocycles. The summed E-state index contributed by atoms with van der Waals surface area (Å²) in [6.07, 6.45) is 0.799. The van der Waals surface area contributed by atoms with Gasteiger partial charge in [0.25, 0.3) is 20.0 Å². The first-order valence-electron chi connectivity index (χ1n) is 15.4. The highest BCUT2D eigenvalue weighted by Gasteiger charge is 2.36. The molecule has 0 aliphatic carbocycles. The summed E-state index contributed by atoms with van der Waals surface area (Å²) in [4.78, 5) is 12.8. The van der Waals surface area contributed by atoms with Gasteiger partial charge in [0.1, 0.15) is 5.82 Å². The molecule has 0 aliphatic heterocycles. The summed E-state index contributed by atoms with van der Waals surface area (Å²) in [7, 11) is -9.19. The Morgan fingerprint density at radius 3 is 1.31 bits per heavy atom. The van der Waals surface area contributed by atoms with E-state index in [0.717, 1.165) is 25.8 Å². The minimum Gasteiger partial charge on any atom is -0.463 e. The molecule has 0 saturated carbocycles. The van der Waals surface area contributed by atoms with Crippen LogP contribution in [0.3, 0.4) is 0 Å². The highest BCUT2D eigenvalue weighted by atomic mass is 32.2. The van der Waals surface area contributed by atoms with E-state index in [4.69, 9.17) is 15.3 Å². The standard InChI is InChI=1S/C39H32N4O6S2/c1-4-49-39(44)27-38(42(50(45,46)36-21-9-30(2)10-22-36)25-5-7-32-13-17-34(28-40)18-14-32)43(51(47,48)37-23-11-31(3)12-24-37)26-6-8-33-15-19-35(29-41)20-16-33/h9-24,27H,4,25-26H2,1-3H3. The summed E-state index contributed by atoms with van der Waals surface area (Å²) >= 11 is 0. The molecule has 4 aromatic rings. The number of aryl methyl sites for hydroxylation is 2. The number of benzene rings is 4. The lowest BCUT2D eigenvalue weighted by Gasteiger charge is -2.32. The van der Waals surface area contributed by atoms with Crippen LogP contribution in [0, 0.1) is 60.2 Å². The van der Waals surface area contributed by atoms with E-state index in [1.165, 1.54) is 24.3 Å². The van der Waals surface area contributed by atoms with Crippen LogP contribution in [0.2, 0.25) is 0 Å². The van der Waals surface area contributed by atoms with Gasteiger partial charge in [0.15, 0.2) is 0 Å². The zero-order valence-corrected chi connectivity index (χ0v) is 29.6. The first-order valence-corrected chi connectivity index (χ1v) is 18.3. The third kappa shape index (κ3) is 9.65. The van der Waals surface area contributed by atoms with Crippen molar-refractivity contribution in [3.63, 3.8) is 0 Å². The summed E-state index contributed by atoms with van der Waals surface area (Å²) in [6, 6.07) is 28.5. The topological polar surface area (TPSA) is 149 Å². The number of sulfonamides is 2. The van der Waals surface area contributed by atoms with Crippen LogP contribution >= 0.6 is 0 Å². The highest BCUT2D eigenvalue weighted by Crippen LogP contribution is 2.28. The smallest absolute Gasteiger partial charge is 0.334 e. The molecule has 0 fully saturated rings. The van der Waals surface area contributed by atoms with Gasteiger partial charge in [0.05, 0.1) is 58.8 Å². The summed E-state index contributed by atoms with van der Waals surface area (Å²) in [5, 5.41) is 18.3. The zero-order valence-electron chi connectivity index (χ0n) is 28.0. The zero-order chi connectivity index (χ0) is 37.0. The lowest BCUT2D eigenvalue weighted by Crippen LogP contribution is -2.43. The fourth-order valence-corrected chi connectivity index (χ4v) is 7.28. The monoisotopic (exact) mass is 716 g/mol. The van der Waals surface area contributed by atoms with Crippen molar-refractivity contribution in [3.8, 4) is 35.8 Å². The second kappa shape index (κ2) is 16.9. The predicted octanol–water partition coefficient (Wildman–Crippen LogP) is 5.24. The number of carbonyl (C=O) groups is 1. The fourth-order valence-electron chi connectivity index (χ4n) is 4.49. The Balaban J connectivity index is 1.96. The van der Waals surface area contributed by atoms with Crippen molar-refractivity contribution >= 4 is 26.0 Å². The number of esters is 1. The van der Waals surface area contributed by atoms with Crippen LogP contribution in [0.15, 0.2) is 119 Å². The number of hydrogen-bond donors (Lipinski definition) is 0. The highest BCUT2D eigenvalue weighted by molar-refractivity contribution is 7.90. The molecule has 0 spiro atoms. The Morgan fingerprint density at radius 2 is 0.980 bits per heavy atom. The van der Waals surface area contributed by atoms with E-state index in [0.29, 0.717) is 22.3 Å². The van der Waals surface area contributed by atoms with Crippen molar-refractivity contribution in [2.75, 3.05) is 19.7 Å². The second-order valence-electron chi connectivity index (χ2n) is 10.9. The maximum absolute atomic E-state index is 14.5. The lowest BCUT2D eigenvalue weighted by molar-refractivity contribution is -0.137. The van der Waals surface area contributed by atoms with Crippen molar-refractivity contribution < 1.29 is 26.4 Å². The Labute approximate surface area is 298 Å². The molecule has 51 heavy (non-hydrogen) atoms. The molecule has 12 heteroatoms. The maximum Gasteiger partial charge on any atom is 0.334 e. The predicted molar refractivity (Wildman–Crippen MR) is 191 cm³/mol. The molecule has 0 atom stereocenters. The average molecular weight is 717 g/mol. The number of hydrogen-bond acceptors (Lipinski definition) is 8. The first-order chi connectivity index (χ1) is 24.4. The van der Waals surface area contributed by atoms with Crippen LogP contribution in [0.25, 0.3) is 0 Å². The molecule has 0 amide bonds. The number of rotatable bonds is 10. The van der Waals surface area contributed by atoms with E-state index in [1.807, 2.05) is 12.1 Å². The van der Waals surface area contributed by atoms with Crippen LogP contribution in [-0.2, 0) is 29.6 Å². The molecular weight excluding hydrogens is 685 g/mol. The van der Waals surface area contributed by atoms with Gasteiger partial charge in [-0.15, -0.1) is 0 Å². The van der Waals surface area contributed by atoms with Gasteiger partial charge in [-0.2, -0.15) is 10.5 Å². The van der Waals surface area contributed by atoms with Gasteiger partial charge >= 0.3 is 5.97 Å². The molecule has 0 aliphatic rings. The van der Waals surface area contributed by atoms with Gasteiger partial charge in [0.2, 0.25) is 0 Å². The third-order valence-corrected chi connectivity index (χ3v) is 10.7. The van der Waals surface area contributed by atoms with Crippen molar-refractivity contribution in [1.29, 1.82) is 10.5 Å². The average Bonchev–Trinajstić information content (AvgIpc) is 3.12. The molecule has 0 aromatic heterocycles. The number of carbonyl (C=O) groups excluding carboxylic acids is 1. The molecule has 4 rings (SSSR count). The summed E-state index contributed by atoms with van der Waals surface area (Å²) in [5.41, 5.74) is 3.31. The molecule has 0 bridgehead atoms. The van der Waals surface area contributed by atoms with Crippen LogP contribution in [0.1, 0.15) is 40.3 Å². The lowest BCUT2D eigenvalue weighted by atomic mass is 10.1. The van der Waals surface area contributed by atoms with Gasteiger partial charge in [-0.25, -0.2) is 30.2 Å². The fraction of sp³-hybridized carbons (Fsp3) is 0.154. The van der Waals surface area contributed by atoms with Gasteiger partial charge < -0.3 is 4.74 Å². The van der Waals surface area contributed by atoms with E-state index in [-0.39, 0.29) is 16.4 Å². The second-order valence-corrected chi connectivity index (χ2v) is 14.6. The SMILES string of the molecule is CCOC(=O)C=C(N(CC#Cc1ccc(C#N)cc1)S(=O)(=O)c1ccc(C)cc1)N(CC#Cc1ccc(C#N)cc1)S(=O)(=O)c1ccc(C)cc1. The van der Waals surface area contributed by atoms with Gasteiger partial charge in [-0.3, -0.25) is 0 Å². The van der Waals surface area contributed by atoms with E-state index < -0.39 is 44.9 Å². The van der Waals surface area contributed by atoms with Crippen molar-refractivity contribution in [1.82, 2.24) is 8.61 Å². The Morgan fingerprint density at radius 1 is 0.627 bits per heavy atom. The van der Waals surface area contributed by atoms with Crippen molar-refractivity contribution in [2.45, 2.75) is 30.6 Å². The molecule has 10 nitrogen and oxygen atoms in total. The van der Waals surface area contributed by atoms with E-state index in [1.54, 1.807) is 93.6 Å². The molecule has 0 radical (unpaired) electrons. The minimum atomic E-state index is -4.60. The van der Waals surface area contributed by atoms with Crippen LogP contribution in [-0.4, -0.2) is 51.1 Å². The molecule has 0 heterocycles. The summed E-state index contributed by atoms with van der Waals surface area (Å²) in [5.74, 6) is 9.73. The summed E-state index contributed by atoms with van der Waals surface area (Å²) < 4.78 is 64.5. The number of nitriles is 2. The molecule has 256 valence electrons. The van der Waals surface area contributed by atoms with Crippen molar-refractivity contribution in [2.24, 2.45) is 0 Å². The van der Waals surface area contributed by atoms with Gasteiger partial charge in [-0.05, 0) is 93.6 Å². The number of ether oxygens (including phenoxy) is 1. The Hall–Kier alpha value is -6.31. The van der Waals surface area contributed by atoms with Crippen molar-refractivity contribution in [3.05, 3.63) is 142 Å². The van der Waals surface area contributed by atoms with Crippen LogP contribution in [0.4, 0.5) is 0 Å². The largest absolute Gasteiger partial charge is 0.463 e. The molecular formula is C39H32N4O6S2. The third-order valence-electron chi connectivity index (χ3n) is 7.20. The van der Waals surface area contributed by atoms with Crippen LogP contribution < -0.4 is 0 Å². The van der Waals surface area contributed by atoms with E-state index in [9.17, 15) is 21.6 Å². The molecule has 0 saturated heterocycles. The van der Waals surface area contributed by atoms with E-state index in [2.05, 4.69) is 23.7 Å². The van der Waals surface area contributed by atoms with Gasteiger partial charge in [-0.1, -0.05) is 59.1 Å². The molecule has 0 unspecified atom stereocenters. The van der Waals surface area contributed by atoms with Gasteiger partial charge in [0, 0.05) is 11.1 Å². The molecule has 0 N–H and O–H groups in total. The Bertz CT molecular complexity index is 2190. The van der Waals surface area contributed by atoms with E-state index >= 15 is 0 Å². The number of nitrogens with zero attached hydrogens (tertiary/aromatic N) is 4.